The van der Waals surface area contributed by atoms with E-state index < -0.39 is 6.10 Å². The zero-order chi connectivity index (χ0) is 13.4. The van der Waals surface area contributed by atoms with Crippen LogP contribution in [0.3, 0.4) is 0 Å². The van der Waals surface area contributed by atoms with E-state index in [1.165, 1.54) is 0 Å². The summed E-state index contributed by atoms with van der Waals surface area (Å²) in [5.74, 6) is 0.715. The smallest absolute Gasteiger partial charge is 0.128 e. The van der Waals surface area contributed by atoms with Gasteiger partial charge in [-0.2, -0.15) is 0 Å². The Balaban J connectivity index is 1.97. The molecule has 1 aliphatic heterocycles. The van der Waals surface area contributed by atoms with E-state index in [4.69, 9.17) is 16.3 Å². The Kier molecular flexibility index (Phi) is 3.52. The molecule has 0 radical (unpaired) electrons. The third kappa shape index (κ3) is 2.50. The van der Waals surface area contributed by atoms with E-state index in [1.807, 2.05) is 42.5 Å². The highest BCUT2D eigenvalue weighted by Gasteiger charge is 2.29. The number of rotatable bonds is 1. The van der Waals surface area contributed by atoms with Gasteiger partial charge in [-0.25, -0.2) is 0 Å². The van der Waals surface area contributed by atoms with Crippen LogP contribution in [0.2, 0.25) is 5.02 Å². The maximum Gasteiger partial charge on any atom is 0.128 e. The lowest BCUT2D eigenvalue weighted by Crippen LogP contribution is -2.19. The molecule has 1 N–H and O–H groups in total. The van der Waals surface area contributed by atoms with E-state index in [-0.39, 0.29) is 6.10 Å². The van der Waals surface area contributed by atoms with Crippen molar-refractivity contribution in [1.29, 1.82) is 0 Å². The molecule has 1 aliphatic rings. The Morgan fingerprint density at radius 2 is 1.95 bits per heavy atom. The van der Waals surface area contributed by atoms with Gasteiger partial charge in [-0.3, -0.25) is 0 Å². The minimum atomic E-state index is -0.539. The lowest BCUT2D eigenvalue weighted by Gasteiger charge is -2.30. The Labute approximate surface area is 125 Å². The van der Waals surface area contributed by atoms with Gasteiger partial charge in [-0.15, -0.1) is 0 Å². The molecule has 98 valence electrons. The standard InChI is InChI=1S/C15H12BrClO2/c16-9-5-6-14-11(7-9)13(18)8-15(19-14)10-3-1-2-4-12(10)17/h1-7,13,15,18H,8H2/t13-,15?/m0/s1. The van der Waals surface area contributed by atoms with Crippen molar-refractivity contribution >= 4 is 27.5 Å². The first kappa shape index (κ1) is 13.0. The van der Waals surface area contributed by atoms with E-state index in [1.54, 1.807) is 0 Å². The van der Waals surface area contributed by atoms with Crippen LogP contribution >= 0.6 is 27.5 Å². The Morgan fingerprint density at radius 1 is 1.16 bits per heavy atom. The number of fused-ring (bicyclic) bond motifs is 1. The molecule has 0 saturated heterocycles. The summed E-state index contributed by atoms with van der Waals surface area (Å²) in [4.78, 5) is 0. The number of halogens is 2. The average molecular weight is 340 g/mol. The van der Waals surface area contributed by atoms with Crippen LogP contribution in [0.5, 0.6) is 5.75 Å². The van der Waals surface area contributed by atoms with Crippen molar-refractivity contribution in [1.82, 2.24) is 0 Å². The van der Waals surface area contributed by atoms with Gasteiger partial charge < -0.3 is 9.84 Å². The maximum atomic E-state index is 10.3. The SMILES string of the molecule is O[C@H]1CC(c2ccccc2Cl)Oc2ccc(Br)cc21. The van der Waals surface area contributed by atoms with Crippen LogP contribution in [0.1, 0.15) is 29.8 Å². The molecule has 0 saturated carbocycles. The van der Waals surface area contributed by atoms with Gasteiger partial charge in [-0.05, 0) is 24.3 Å². The molecule has 1 unspecified atom stereocenters. The summed E-state index contributed by atoms with van der Waals surface area (Å²) >= 11 is 9.59. The number of hydrogen-bond donors (Lipinski definition) is 1. The van der Waals surface area contributed by atoms with Gasteiger partial charge in [-0.1, -0.05) is 45.7 Å². The maximum absolute atomic E-state index is 10.3. The van der Waals surface area contributed by atoms with Gasteiger partial charge in [0.25, 0.3) is 0 Å². The summed E-state index contributed by atoms with van der Waals surface area (Å²) in [5.41, 5.74) is 1.73. The van der Waals surface area contributed by atoms with Crippen molar-refractivity contribution < 1.29 is 9.84 Å². The second kappa shape index (κ2) is 5.16. The predicted octanol–water partition coefficient (Wildman–Crippen LogP) is 4.66. The van der Waals surface area contributed by atoms with Gasteiger partial charge in [0.15, 0.2) is 0 Å². The van der Waals surface area contributed by atoms with Crippen LogP contribution in [-0.4, -0.2) is 5.11 Å². The van der Waals surface area contributed by atoms with Gasteiger partial charge in [0.1, 0.15) is 11.9 Å². The number of aliphatic hydroxyl groups is 1. The minimum absolute atomic E-state index is 0.211. The highest BCUT2D eigenvalue weighted by molar-refractivity contribution is 9.10. The third-order valence-corrected chi connectivity index (χ3v) is 4.13. The summed E-state index contributed by atoms with van der Waals surface area (Å²) in [6.45, 7) is 0. The van der Waals surface area contributed by atoms with Crippen molar-refractivity contribution in [3.63, 3.8) is 0 Å². The van der Waals surface area contributed by atoms with E-state index in [9.17, 15) is 5.11 Å². The average Bonchev–Trinajstić information content (AvgIpc) is 2.40. The van der Waals surface area contributed by atoms with Crippen LogP contribution in [0.4, 0.5) is 0 Å². The second-order valence-corrected chi connectivity index (χ2v) is 5.88. The van der Waals surface area contributed by atoms with E-state index in [0.29, 0.717) is 17.2 Å². The normalized spacial score (nSPS) is 21.6. The van der Waals surface area contributed by atoms with E-state index in [2.05, 4.69) is 15.9 Å². The largest absolute Gasteiger partial charge is 0.485 e. The Hall–Kier alpha value is -1.03. The molecule has 1 heterocycles. The van der Waals surface area contributed by atoms with Crippen LogP contribution in [0.25, 0.3) is 0 Å². The Bertz CT molecular complexity index is 615. The molecule has 2 atom stereocenters. The first-order valence-electron chi connectivity index (χ1n) is 6.04. The summed E-state index contributed by atoms with van der Waals surface area (Å²) in [5, 5.41) is 10.9. The summed E-state index contributed by atoms with van der Waals surface area (Å²) in [6.07, 6.45) is -0.243. The van der Waals surface area contributed by atoms with Gasteiger partial charge in [0.05, 0.1) is 6.10 Å². The van der Waals surface area contributed by atoms with Crippen molar-refractivity contribution in [2.24, 2.45) is 0 Å². The van der Waals surface area contributed by atoms with Crippen LogP contribution < -0.4 is 4.74 Å². The van der Waals surface area contributed by atoms with E-state index >= 15 is 0 Å². The number of hydrogen-bond acceptors (Lipinski definition) is 2. The number of benzene rings is 2. The highest BCUT2D eigenvalue weighted by atomic mass is 79.9. The summed E-state index contributed by atoms with van der Waals surface area (Å²) in [7, 11) is 0. The third-order valence-electron chi connectivity index (χ3n) is 3.29. The lowest BCUT2D eigenvalue weighted by molar-refractivity contribution is 0.0657. The molecular formula is C15H12BrClO2. The van der Waals surface area contributed by atoms with Crippen LogP contribution in [-0.2, 0) is 0 Å². The molecule has 2 aromatic rings. The minimum Gasteiger partial charge on any atom is -0.485 e. The first-order valence-corrected chi connectivity index (χ1v) is 7.21. The van der Waals surface area contributed by atoms with Crippen molar-refractivity contribution in [2.45, 2.75) is 18.6 Å². The zero-order valence-corrected chi connectivity index (χ0v) is 12.4. The van der Waals surface area contributed by atoms with Crippen LogP contribution in [0.15, 0.2) is 46.9 Å². The van der Waals surface area contributed by atoms with Crippen molar-refractivity contribution in [3.8, 4) is 5.75 Å². The molecular weight excluding hydrogens is 328 g/mol. The zero-order valence-electron chi connectivity index (χ0n) is 10.0. The fraction of sp³-hybridized carbons (Fsp3) is 0.200. The van der Waals surface area contributed by atoms with Gasteiger partial charge in [0, 0.05) is 27.0 Å². The topological polar surface area (TPSA) is 29.5 Å². The fourth-order valence-electron chi connectivity index (χ4n) is 2.34. The monoisotopic (exact) mass is 338 g/mol. The molecule has 0 fully saturated rings. The first-order chi connectivity index (χ1) is 9.15. The Morgan fingerprint density at radius 3 is 2.74 bits per heavy atom. The molecule has 0 amide bonds. The molecule has 3 rings (SSSR count). The van der Waals surface area contributed by atoms with Crippen LogP contribution in [0, 0.1) is 0 Å². The molecule has 0 aromatic heterocycles. The molecule has 0 spiro atoms. The molecule has 19 heavy (non-hydrogen) atoms. The van der Waals surface area contributed by atoms with Gasteiger partial charge in [0.2, 0.25) is 0 Å². The summed E-state index contributed by atoms with van der Waals surface area (Å²) < 4.78 is 6.89. The molecule has 4 heteroatoms. The lowest BCUT2D eigenvalue weighted by atomic mass is 9.95. The van der Waals surface area contributed by atoms with Crippen molar-refractivity contribution in [3.05, 3.63) is 63.1 Å². The molecule has 0 aliphatic carbocycles. The fourth-order valence-corrected chi connectivity index (χ4v) is 2.98. The van der Waals surface area contributed by atoms with Gasteiger partial charge >= 0.3 is 0 Å². The second-order valence-electron chi connectivity index (χ2n) is 4.56. The summed E-state index contributed by atoms with van der Waals surface area (Å²) in [6, 6.07) is 13.2. The predicted molar refractivity (Wildman–Crippen MR) is 78.5 cm³/mol. The molecule has 2 nitrogen and oxygen atoms in total. The number of aliphatic hydroxyl groups excluding tert-OH is 1. The quantitative estimate of drug-likeness (QED) is 0.819. The van der Waals surface area contributed by atoms with Crippen molar-refractivity contribution in [2.75, 3.05) is 0 Å². The highest BCUT2D eigenvalue weighted by Crippen LogP contribution is 2.43. The molecule has 0 bridgehead atoms. The van der Waals surface area contributed by atoms with E-state index in [0.717, 1.165) is 15.6 Å². The molecule has 2 aromatic carbocycles. The number of ether oxygens (including phenoxy) is 1.